The van der Waals surface area contributed by atoms with Gasteiger partial charge in [0.2, 0.25) is 10.0 Å². The van der Waals surface area contributed by atoms with Gasteiger partial charge in [0.1, 0.15) is 22.4 Å². The molecule has 6 fully saturated rings. The Morgan fingerprint density at radius 1 is 0.570 bits per heavy atom. The molecule has 0 unspecified atom stereocenters. The number of pyridine rings is 4. The Hall–Kier alpha value is -9.22. The van der Waals surface area contributed by atoms with E-state index in [4.69, 9.17) is 42.9 Å². The number of piperidine rings is 2. The minimum absolute atomic E-state index is 0.00107. The Morgan fingerprint density at radius 3 is 1.59 bits per heavy atom. The normalized spacial score (nSPS) is 19.2. The van der Waals surface area contributed by atoms with E-state index in [-0.39, 0.29) is 46.6 Å². The fourth-order valence-electron chi connectivity index (χ4n) is 15.3. The monoisotopic (exact) mass is 1270 g/mol. The molecule has 4 saturated heterocycles. The van der Waals surface area contributed by atoms with Gasteiger partial charge in [-0.2, -0.15) is 4.31 Å². The first-order chi connectivity index (χ1) is 45.0. The van der Waals surface area contributed by atoms with E-state index in [2.05, 4.69) is 22.0 Å². The molecule has 10 aromatic rings. The van der Waals surface area contributed by atoms with Crippen LogP contribution in [0.4, 0.5) is 31.8 Å². The number of nitrogens with two attached hydrogens (primary N) is 4. The van der Waals surface area contributed by atoms with Crippen molar-refractivity contribution in [3.05, 3.63) is 169 Å². The van der Waals surface area contributed by atoms with Gasteiger partial charge in [-0.05, 0) is 179 Å². The summed E-state index contributed by atoms with van der Waals surface area (Å²) in [6.07, 6.45) is 12.7. The molecule has 0 radical (unpaired) electrons. The first kappa shape index (κ1) is 58.8. The number of benzene rings is 4. The highest BCUT2D eigenvalue weighted by Crippen LogP contribution is 2.45. The number of fused-ring (bicyclic) bond motifs is 2. The topological polar surface area (TPSA) is 246 Å². The lowest BCUT2D eigenvalue weighted by Crippen LogP contribution is -2.63. The van der Waals surface area contributed by atoms with Gasteiger partial charge in [0.05, 0.1) is 40.3 Å². The zero-order valence-electron chi connectivity index (χ0n) is 51.6. The number of likely N-dealkylation sites (tertiary alicyclic amines) is 1. The van der Waals surface area contributed by atoms with Crippen LogP contribution in [0.3, 0.4) is 0 Å². The third-order valence-corrected chi connectivity index (χ3v) is 23.1. The molecule has 19 nitrogen and oxygen atoms in total. The van der Waals surface area contributed by atoms with Crippen LogP contribution in [0.1, 0.15) is 81.8 Å². The van der Waals surface area contributed by atoms with Gasteiger partial charge in [0.15, 0.2) is 41.1 Å². The minimum atomic E-state index is -3.25. The maximum atomic E-state index is 17.1. The highest BCUT2D eigenvalue weighted by Gasteiger charge is 2.48. The second-order valence-corrected chi connectivity index (χ2v) is 28.7. The number of aromatic nitrogens is 8. The lowest BCUT2D eigenvalue weighted by Gasteiger charge is -2.54. The Kier molecular flexibility index (Phi) is 14.2. The molecule has 93 heavy (non-hydrogen) atoms. The van der Waals surface area contributed by atoms with Gasteiger partial charge in [-0.15, -0.1) is 0 Å². The van der Waals surface area contributed by atoms with Gasteiger partial charge < -0.3 is 31.9 Å². The summed E-state index contributed by atoms with van der Waals surface area (Å²) in [6, 6.07) is 41.8. The van der Waals surface area contributed by atoms with Crippen molar-refractivity contribution in [2.24, 2.45) is 16.9 Å². The molecule has 22 heteroatoms. The molecule has 2 aliphatic carbocycles. The van der Waals surface area contributed by atoms with Crippen molar-refractivity contribution in [1.82, 2.24) is 43.3 Å². The number of nitrogen functional groups attached to an aromatic ring is 2. The van der Waals surface area contributed by atoms with Gasteiger partial charge in [-0.25, -0.2) is 46.7 Å². The van der Waals surface area contributed by atoms with Crippen LogP contribution in [0.5, 0.6) is 0 Å². The fourth-order valence-corrected chi connectivity index (χ4v) is 17.1. The van der Waals surface area contributed by atoms with Gasteiger partial charge in [-0.3, -0.25) is 19.7 Å². The molecule has 0 bridgehead atoms. The van der Waals surface area contributed by atoms with Crippen LogP contribution < -0.4 is 37.3 Å². The summed E-state index contributed by atoms with van der Waals surface area (Å²) in [5.74, 6) is 1.11. The quantitative estimate of drug-likeness (QED) is 0.0785. The summed E-state index contributed by atoms with van der Waals surface area (Å²) in [5.41, 5.74) is 36.0. The maximum absolute atomic E-state index is 17.1. The number of carbonyl (C=O) groups is 1. The van der Waals surface area contributed by atoms with Crippen molar-refractivity contribution in [3.63, 3.8) is 0 Å². The third-order valence-electron chi connectivity index (χ3n) is 21.1. The molecule has 6 aliphatic rings. The van der Waals surface area contributed by atoms with Crippen molar-refractivity contribution >= 4 is 61.3 Å². The lowest BCUT2D eigenvalue weighted by molar-refractivity contribution is -0.670. The summed E-state index contributed by atoms with van der Waals surface area (Å²) in [4.78, 5) is 45.1. The van der Waals surface area contributed by atoms with Gasteiger partial charge in [-0.1, -0.05) is 36.4 Å². The number of imidazole rings is 2. The zero-order valence-corrected chi connectivity index (χ0v) is 52.5. The molecule has 0 atom stereocenters. The lowest BCUT2D eigenvalue weighted by atomic mass is 9.72. The SMILES string of the molecule is Nc1ncccc1-c1nc2ccc(-c3cccc(N4CCC5(CC4)CN(C(=O)C[n+]4cccc(-c6nc7ccc(-c8cccc(N9CCC(N%10CCCS%10(=O)=O)CC9)c8F)nc7n6-c6ccc(C7(N)CCC7)cc6)c4N)C5)c3F)nc2n1-c1ccc(C2(N)CCC2)cc1. The average molecular weight is 1270 g/mol. The van der Waals surface area contributed by atoms with Crippen molar-refractivity contribution in [2.75, 3.05) is 72.8 Å². The van der Waals surface area contributed by atoms with Crippen LogP contribution in [-0.2, 0) is 32.4 Å². The van der Waals surface area contributed by atoms with Crippen LogP contribution in [0, 0.1) is 17.0 Å². The Balaban J connectivity index is 0.625. The highest BCUT2D eigenvalue weighted by atomic mass is 32.2. The van der Waals surface area contributed by atoms with Crippen LogP contribution in [0.25, 0.3) is 79.0 Å². The van der Waals surface area contributed by atoms with Crippen LogP contribution >= 0.6 is 0 Å². The number of rotatable bonds is 13. The van der Waals surface area contributed by atoms with Crippen molar-refractivity contribution in [1.29, 1.82) is 0 Å². The van der Waals surface area contributed by atoms with E-state index in [0.29, 0.717) is 156 Å². The first-order valence-electron chi connectivity index (χ1n) is 32.5. The Labute approximate surface area is 537 Å². The van der Waals surface area contributed by atoms with E-state index < -0.39 is 15.8 Å². The largest absolute Gasteiger partial charge is 0.383 e. The molecule has 474 valence electrons. The van der Waals surface area contributed by atoms with E-state index in [1.165, 1.54) is 0 Å². The van der Waals surface area contributed by atoms with Gasteiger partial charge in [0, 0.05) is 97.0 Å². The van der Waals surface area contributed by atoms with Crippen LogP contribution in [0.2, 0.25) is 0 Å². The standard InChI is InChI=1S/C71H72F2N16O3S/c72-61-50(8-1-12-58(61)83-37-26-47(27-38-83)87-36-7-41-93(87,91)92)54-23-25-57-68(80-54)89(49-20-16-46(17-21-49)71(77)30-6-31-71)66(82-57)53-11-4-35-85(64(53)75)42-60(90)86-43-69(44-86)32-39-84(40-33-69)59-13-2-9-51(62(59)73)55-22-24-56-67(79-55)88(65(81-56)52-10-3-34-78-63(52)74)48-18-14-45(15-19-48)70(76)28-5-29-70/h1-4,8-25,34-35,47,75H,5-7,26-33,36-44,76-77H2,(H2,74,78,81)/p+1. The number of hydrogen-bond acceptors (Lipinski definition) is 14. The minimum Gasteiger partial charge on any atom is -0.383 e. The van der Waals surface area contributed by atoms with E-state index >= 15 is 8.78 Å². The fraction of sp³-hybridized carbons (Fsp3) is 0.338. The first-order valence-corrected chi connectivity index (χ1v) is 34.1. The summed E-state index contributed by atoms with van der Waals surface area (Å²) >= 11 is 0. The molecule has 8 N–H and O–H groups in total. The number of halogens is 2. The summed E-state index contributed by atoms with van der Waals surface area (Å²) in [5, 5.41) is 0. The number of amides is 1. The molecule has 10 heterocycles. The smallest absolute Gasteiger partial charge is 0.283 e. The molecule has 16 rings (SSSR count). The summed E-state index contributed by atoms with van der Waals surface area (Å²) < 4.78 is 66.8. The third kappa shape index (κ3) is 10.1. The molecular weight excluding hydrogens is 1190 g/mol. The number of nitrogens with zero attached hydrogens (tertiary/aromatic N) is 12. The van der Waals surface area contributed by atoms with E-state index in [9.17, 15) is 13.2 Å². The molecular formula is C71H73F2N16O3S+. The average Bonchev–Trinajstić information content (AvgIpc) is 1.72. The van der Waals surface area contributed by atoms with Crippen molar-refractivity contribution < 1.29 is 26.6 Å². The highest BCUT2D eigenvalue weighted by molar-refractivity contribution is 7.89. The maximum Gasteiger partial charge on any atom is 0.283 e. The van der Waals surface area contributed by atoms with E-state index in [1.807, 2.05) is 116 Å². The van der Waals surface area contributed by atoms with E-state index in [1.54, 1.807) is 45.5 Å². The summed E-state index contributed by atoms with van der Waals surface area (Å²) in [6.45, 7) is 3.99. The number of carbonyl (C=O) groups excluding carboxylic acids is 1. The summed E-state index contributed by atoms with van der Waals surface area (Å²) in [7, 11) is -3.25. The number of hydrogen-bond donors (Lipinski definition) is 4. The Morgan fingerprint density at radius 2 is 1.09 bits per heavy atom. The number of sulfonamides is 1. The molecule has 1 amide bonds. The van der Waals surface area contributed by atoms with Crippen molar-refractivity contribution in [3.8, 4) is 56.7 Å². The second kappa shape index (κ2) is 22.5. The predicted molar refractivity (Wildman–Crippen MR) is 356 cm³/mol. The molecule has 6 aromatic heterocycles. The second-order valence-electron chi connectivity index (χ2n) is 26.6. The zero-order chi connectivity index (χ0) is 63.5. The van der Waals surface area contributed by atoms with Gasteiger partial charge >= 0.3 is 0 Å². The molecule has 4 aromatic carbocycles. The van der Waals surface area contributed by atoms with Crippen LogP contribution in [-0.4, -0.2) is 115 Å². The van der Waals surface area contributed by atoms with Crippen LogP contribution in [0.15, 0.2) is 146 Å². The Bertz CT molecular complexity index is 4720. The number of anilines is 4. The van der Waals surface area contributed by atoms with E-state index in [0.717, 1.165) is 73.9 Å². The predicted octanol–water partition coefficient (Wildman–Crippen LogP) is 9.76. The molecule has 2 saturated carbocycles. The molecule has 1 spiro atoms. The van der Waals surface area contributed by atoms with Gasteiger partial charge in [0.25, 0.3) is 11.7 Å². The van der Waals surface area contributed by atoms with Crippen molar-refractivity contribution in [2.45, 2.75) is 94.3 Å². The molecule has 4 aliphatic heterocycles.